The van der Waals surface area contributed by atoms with Gasteiger partial charge in [-0.05, 0) is 18.6 Å². The average molecular weight is 497 g/mol. The monoisotopic (exact) mass is 497 g/mol. The molecule has 11 heteroatoms. The fraction of sp³-hybridized carbons (Fsp3) is 0.562. The Morgan fingerprint density at radius 2 is 2.15 bits per heavy atom. The molecule has 7 nitrogen and oxygen atoms in total. The summed E-state index contributed by atoms with van der Waals surface area (Å²) in [5, 5.41) is 14.6. The third-order valence-electron chi connectivity index (χ3n) is 4.27. The maximum atomic E-state index is 12.5. The predicted molar refractivity (Wildman–Crippen MR) is 108 cm³/mol. The van der Waals surface area contributed by atoms with E-state index in [1.54, 1.807) is 7.05 Å². The van der Waals surface area contributed by atoms with Crippen LogP contribution >= 0.6 is 24.0 Å². The number of alkyl halides is 3. The summed E-state index contributed by atoms with van der Waals surface area (Å²) in [5.41, 5.74) is 0.792. The van der Waals surface area contributed by atoms with E-state index in [4.69, 9.17) is 0 Å². The molecule has 0 spiro atoms. The highest BCUT2D eigenvalue weighted by Crippen LogP contribution is 2.19. The van der Waals surface area contributed by atoms with Crippen LogP contribution in [0.4, 0.5) is 13.2 Å². The van der Waals surface area contributed by atoms with Crippen molar-refractivity contribution in [3.63, 3.8) is 0 Å². The molecule has 2 aromatic heterocycles. The molecule has 2 aromatic rings. The van der Waals surface area contributed by atoms with Gasteiger partial charge in [0.25, 0.3) is 0 Å². The number of rotatable bonds is 5. The van der Waals surface area contributed by atoms with Crippen LogP contribution < -0.4 is 10.6 Å². The van der Waals surface area contributed by atoms with Crippen LogP contribution in [-0.2, 0) is 6.42 Å². The maximum Gasteiger partial charge on any atom is 0.401 e. The minimum Gasteiger partial charge on any atom is -0.356 e. The van der Waals surface area contributed by atoms with E-state index in [1.165, 1.54) is 4.90 Å². The Balaban J connectivity index is 0.00000261. The van der Waals surface area contributed by atoms with Gasteiger partial charge in [-0.2, -0.15) is 13.2 Å². The summed E-state index contributed by atoms with van der Waals surface area (Å²) in [7, 11) is 1.64. The summed E-state index contributed by atoms with van der Waals surface area (Å²) < 4.78 is 39.3. The molecule has 1 atom stereocenters. The number of nitrogens with one attached hydrogen (secondary N) is 2. The zero-order valence-corrected chi connectivity index (χ0v) is 17.2. The van der Waals surface area contributed by atoms with Crippen LogP contribution in [0.1, 0.15) is 12.2 Å². The van der Waals surface area contributed by atoms with Gasteiger partial charge in [0.1, 0.15) is 5.82 Å². The molecular formula is C16H23F3IN7. The van der Waals surface area contributed by atoms with Gasteiger partial charge >= 0.3 is 6.18 Å². The summed E-state index contributed by atoms with van der Waals surface area (Å²) >= 11 is 0. The number of aromatic nitrogens is 3. The summed E-state index contributed by atoms with van der Waals surface area (Å²) in [4.78, 5) is 5.55. The largest absolute Gasteiger partial charge is 0.401 e. The van der Waals surface area contributed by atoms with Crippen LogP contribution in [0.3, 0.4) is 0 Å². The van der Waals surface area contributed by atoms with E-state index < -0.39 is 12.7 Å². The Bertz CT molecular complexity index is 762. The van der Waals surface area contributed by atoms with Crippen molar-refractivity contribution in [1.29, 1.82) is 0 Å². The molecule has 150 valence electrons. The molecule has 0 saturated carbocycles. The first-order valence-corrected chi connectivity index (χ1v) is 8.49. The first kappa shape index (κ1) is 21.7. The summed E-state index contributed by atoms with van der Waals surface area (Å²) in [6.07, 6.45) is -0.941. The highest BCUT2D eigenvalue weighted by Gasteiger charge is 2.34. The van der Waals surface area contributed by atoms with Crippen molar-refractivity contribution >= 4 is 35.6 Å². The molecular weight excluding hydrogens is 474 g/mol. The number of hydrogen-bond donors (Lipinski definition) is 2. The van der Waals surface area contributed by atoms with E-state index in [0.29, 0.717) is 38.4 Å². The Labute approximate surface area is 172 Å². The van der Waals surface area contributed by atoms with Gasteiger partial charge in [-0.15, -0.1) is 34.2 Å². The summed E-state index contributed by atoms with van der Waals surface area (Å²) in [5.74, 6) is 1.42. The van der Waals surface area contributed by atoms with Crippen LogP contribution in [0.2, 0.25) is 0 Å². The molecule has 1 aliphatic rings. The quantitative estimate of drug-likeness (QED) is 0.374. The zero-order valence-electron chi connectivity index (χ0n) is 14.9. The van der Waals surface area contributed by atoms with Crippen LogP contribution in [0, 0.1) is 0 Å². The third-order valence-corrected chi connectivity index (χ3v) is 4.27. The van der Waals surface area contributed by atoms with E-state index in [-0.39, 0.29) is 30.0 Å². The molecule has 1 fully saturated rings. The number of likely N-dealkylation sites (tertiary alicyclic amines) is 1. The molecule has 3 heterocycles. The first-order valence-electron chi connectivity index (χ1n) is 8.49. The summed E-state index contributed by atoms with van der Waals surface area (Å²) in [6, 6.07) is 5.66. The number of guanidine groups is 1. The molecule has 0 amide bonds. The maximum absolute atomic E-state index is 12.5. The second kappa shape index (κ2) is 9.53. The van der Waals surface area contributed by atoms with E-state index in [9.17, 15) is 13.2 Å². The van der Waals surface area contributed by atoms with Gasteiger partial charge in [-0.25, -0.2) is 0 Å². The fourth-order valence-corrected chi connectivity index (χ4v) is 3.09. The Kier molecular flexibility index (Phi) is 7.65. The number of nitrogens with zero attached hydrogens (tertiary/aromatic N) is 5. The number of halogens is 4. The van der Waals surface area contributed by atoms with Gasteiger partial charge in [0.05, 0.1) is 6.54 Å². The van der Waals surface area contributed by atoms with Crippen molar-refractivity contribution in [3.05, 3.63) is 30.2 Å². The average Bonchev–Trinajstić information content (AvgIpc) is 3.19. The Morgan fingerprint density at radius 1 is 1.33 bits per heavy atom. The van der Waals surface area contributed by atoms with Gasteiger partial charge < -0.3 is 10.6 Å². The van der Waals surface area contributed by atoms with Crippen molar-refractivity contribution in [2.75, 3.05) is 33.2 Å². The van der Waals surface area contributed by atoms with Gasteiger partial charge in [0.2, 0.25) is 0 Å². The van der Waals surface area contributed by atoms with Crippen molar-refractivity contribution in [3.8, 4) is 0 Å². The number of pyridine rings is 1. The minimum atomic E-state index is -4.16. The molecule has 0 radical (unpaired) electrons. The van der Waals surface area contributed by atoms with Crippen LogP contribution in [0.15, 0.2) is 29.4 Å². The second-order valence-corrected chi connectivity index (χ2v) is 6.27. The van der Waals surface area contributed by atoms with Crippen molar-refractivity contribution < 1.29 is 13.2 Å². The van der Waals surface area contributed by atoms with Gasteiger partial charge in [0, 0.05) is 45.3 Å². The highest BCUT2D eigenvalue weighted by molar-refractivity contribution is 14.0. The lowest BCUT2D eigenvalue weighted by Gasteiger charge is -2.19. The number of aliphatic imine (C=N–C) groups is 1. The number of hydrogen-bond acceptors (Lipinski definition) is 4. The van der Waals surface area contributed by atoms with Gasteiger partial charge in [-0.1, -0.05) is 6.07 Å². The van der Waals surface area contributed by atoms with E-state index in [2.05, 4.69) is 25.8 Å². The predicted octanol–water partition coefficient (Wildman–Crippen LogP) is 1.69. The molecule has 2 N–H and O–H groups in total. The normalized spacial score (nSPS) is 18.5. The Morgan fingerprint density at radius 3 is 2.89 bits per heavy atom. The molecule has 0 aromatic carbocycles. The first-order chi connectivity index (χ1) is 12.4. The molecule has 1 saturated heterocycles. The van der Waals surface area contributed by atoms with Crippen LogP contribution in [0.25, 0.3) is 5.65 Å². The third kappa shape index (κ3) is 6.19. The van der Waals surface area contributed by atoms with Crippen molar-refractivity contribution in [2.45, 2.75) is 25.1 Å². The topological polar surface area (TPSA) is 69.8 Å². The van der Waals surface area contributed by atoms with Gasteiger partial charge in [0.15, 0.2) is 11.6 Å². The molecule has 27 heavy (non-hydrogen) atoms. The summed E-state index contributed by atoms with van der Waals surface area (Å²) in [6.45, 7) is 0.514. The SMILES string of the molecule is CN=C(NCCc1nnc2ccccn12)NC1CCN(CC(F)(F)F)C1.I. The lowest BCUT2D eigenvalue weighted by atomic mass is 10.3. The Hall–Kier alpha value is -1.63. The van der Waals surface area contributed by atoms with Gasteiger partial charge in [-0.3, -0.25) is 14.3 Å². The van der Waals surface area contributed by atoms with Crippen LogP contribution in [0.5, 0.6) is 0 Å². The smallest absolute Gasteiger partial charge is 0.356 e. The second-order valence-electron chi connectivity index (χ2n) is 6.27. The van der Waals surface area contributed by atoms with Crippen LogP contribution in [-0.4, -0.2) is 70.9 Å². The fourth-order valence-electron chi connectivity index (χ4n) is 3.09. The molecule has 0 bridgehead atoms. The number of fused-ring (bicyclic) bond motifs is 1. The zero-order chi connectivity index (χ0) is 18.6. The van der Waals surface area contributed by atoms with E-state index in [1.807, 2.05) is 28.8 Å². The van der Waals surface area contributed by atoms with Crippen molar-refractivity contribution in [2.24, 2.45) is 4.99 Å². The lowest BCUT2D eigenvalue weighted by molar-refractivity contribution is -0.143. The van der Waals surface area contributed by atoms with E-state index >= 15 is 0 Å². The minimum absolute atomic E-state index is 0. The van der Waals surface area contributed by atoms with E-state index in [0.717, 1.165) is 11.5 Å². The standard InChI is InChI=1S/C16H22F3N7.HI/c1-20-15(22-12-6-9-25(10-12)11-16(17,18)19)21-7-5-14-24-23-13-4-2-3-8-26(13)14;/h2-4,8,12H,5-7,9-11H2,1H3,(H2,20,21,22);1H. The lowest BCUT2D eigenvalue weighted by Crippen LogP contribution is -2.45. The molecule has 1 aliphatic heterocycles. The molecule has 0 aliphatic carbocycles. The molecule has 1 unspecified atom stereocenters. The molecule has 3 rings (SSSR count). The van der Waals surface area contributed by atoms with Crippen molar-refractivity contribution in [1.82, 2.24) is 30.1 Å². The highest BCUT2D eigenvalue weighted by atomic mass is 127.